The molecule has 2 N–H and O–H groups in total. The molecule has 2 aromatic heterocycles. The van der Waals surface area contributed by atoms with E-state index in [1.807, 2.05) is 0 Å². The van der Waals surface area contributed by atoms with E-state index in [-0.39, 0.29) is 13.2 Å². The van der Waals surface area contributed by atoms with Crippen LogP contribution in [-0.2, 0) is 20.6 Å². The average Bonchev–Trinajstić information content (AvgIpc) is 3.37. The zero-order valence-corrected chi connectivity index (χ0v) is 24.6. The predicted octanol–water partition coefficient (Wildman–Crippen LogP) is 5.41. The monoisotopic (exact) mass is 557 g/mol. The van der Waals surface area contributed by atoms with Gasteiger partial charge >= 0.3 is 5.69 Å². The second kappa shape index (κ2) is 12.9. The van der Waals surface area contributed by atoms with Crippen molar-refractivity contribution in [1.29, 1.82) is 0 Å². The van der Waals surface area contributed by atoms with Crippen molar-refractivity contribution in [3.63, 3.8) is 0 Å². The van der Waals surface area contributed by atoms with E-state index in [0.29, 0.717) is 29.6 Å². The Morgan fingerprint density at radius 2 is 1.56 bits per heavy atom. The number of aliphatic hydroxyl groups excluding tert-OH is 1. The third-order valence-corrected chi connectivity index (χ3v) is 8.82. The summed E-state index contributed by atoms with van der Waals surface area (Å²) in [7, 11) is 3.08. The van der Waals surface area contributed by atoms with E-state index in [0.717, 1.165) is 21.6 Å². The number of aliphatic hydroxyl groups is 1. The van der Waals surface area contributed by atoms with E-state index in [9.17, 15) is 14.7 Å². The molecule has 1 saturated carbocycles. The second-order valence-electron chi connectivity index (χ2n) is 11.6. The molecule has 0 aliphatic heterocycles. The lowest BCUT2D eigenvalue weighted by Crippen LogP contribution is -2.37. The van der Waals surface area contributed by atoms with E-state index in [2.05, 4.69) is 65.8 Å². The average molecular weight is 558 g/mol. The maximum Gasteiger partial charge on any atom is 0.332 e. The number of rotatable bonds is 11. The summed E-state index contributed by atoms with van der Waals surface area (Å²) in [6.07, 6.45) is 10.8. The molecule has 0 saturated heterocycles. The minimum Gasteiger partial charge on any atom is -0.395 e. The minimum absolute atomic E-state index is 0.0755. The van der Waals surface area contributed by atoms with Gasteiger partial charge in [-0.2, -0.15) is 4.98 Å². The van der Waals surface area contributed by atoms with Gasteiger partial charge in [0, 0.05) is 20.6 Å². The third kappa shape index (κ3) is 6.17. The molecule has 2 aromatic carbocycles. The molecular formula is C33H43N5O3. The van der Waals surface area contributed by atoms with Crippen LogP contribution in [0.5, 0.6) is 0 Å². The Labute approximate surface area is 241 Å². The zero-order chi connectivity index (χ0) is 28.9. The first-order valence-corrected chi connectivity index (χ1v) is 15.1. The lowest BCUT2D eigenvalue weighted by Gasteiger charge is -2.29. The molecule has 0 unspecified atom stereocenters. The van der Waals surface area contributed by atoms with Crippen LogP contribution in [0.4, 0.5) is 5.95 Å². The van der Waals surface area contributed by atoms with Gasteiger partial charge in [-0.15, -0.1) is 0 Å². The van der Waals surface area contributed by atoms with Crippen LogP contribution < -0.4 is 16.6 Å². The first-order chi connectivity index (χ1) is 19.9. The minimum atomic E-state index is -0.425. The van der Waals surface area contributed by atoms with Crippen molar-refractivity contribution < 1.29 is 5.11 Å². The molecule has 0 amide bonds. The van der Waals surface area contributed by atoms with Gasteiger partial charge in [0.1, 0.15) is 0 Å². The molecule has 0 bridgehead atoms. The molecule has 218 valence electrons. The van der Waals surface area contributed by atoms with Gasteiger partial charge < -0.3 is 10.4 Å². The first-order valence-electron chi connectivity index (χ1n) is 15.1. The van der Waals surface area contributed by atoms with E-state index >= 15 is 0 Å². The van der Waals surface area contributed by atoms with Gasteiger partial charge in [0.05, 0.1) is 13.2 Å². The van der Waals surface area contributed by atoms with Crippen molar-refractivity contribution in [2.75, 3.05) is 18.5 Å². The number of nitrogens with one attached hydrogen (secondary N) is 1. The van der Waals surface area contributed by atoms with Crippen LogP contribution in [0.15, 0.2) is 58.1 Å². The number of unbranched alkanes of at least 4 members (excludes halogenated alkanes) is 2. The molecule has 1 aliphatic carbocycles. The molecular weight excluding hydrogens is 514 g/mol. The van der Waals surface area contributed by atoms with E-state index in [4.69, 9.17) is 0 Å². The van der Waals surface area contributed by atoms with Gasteiger partial charge in [-0.1, -0.05) is 81.1 Å². The highest BCUT2D eigenvalue weighted by Crippen LogP contribution is 2.38. The van der Waals surface area contributed by atoms with E-state index < -0.39 is 11.2 Å². The Kier molecular flexibility index (Phi) is 9.08. The van der Waals surface area contributed by atoms with Gasteiger partial charge in [-0.3, -0.25) is 18.5 Å². The summed E-state index contributed by atoms with van der Waals surface area (Å²) < 4.78 is 4.26. The smallest absolute Gasteiger partial charge is 0.332 e. The van der Waals surface area contributed by atoms with Crippen molar-refractivity contribution in [2.45, 2.75) is 70.8 Å². The largest absolute Gasteiger partial charge is 0.395 e. The number of aryl methyl sites for hydroxylation is 1. The molecule has 0 radical (unpaired) electrons. The van der Waals surface area contributed by atoms with Crippen molar-refractivity contribution in [3.05, 3.63) is 80.5 Å². The Balaban J connectivity index is 1.31. The summed E-state index contributed by atoms with van der Waals surface area (Å²) in [4.78, 5) is 30.0. The highest BCUT2D eigenvalue weighted by atomic mass is 16.3. The maximum absolute atomic E-state index is 13.1. The Hall–Kier alpha value is -3.65. The molecule has 2 heterocycles. The van der Waals surface area contributed by atoms with Crippen molar-refractivity contribution in [2.24, 2.45) is 20.0 Å². The maximum atomic E-state index is 13.1. The zero-order valence-electron chi connectivity index (χ0n) is 24.6. The number of fused-ring (bicyclic) bond motifs is 1. The molecule has 4 aromatic rings. The first kappa shape index (κ1) is 28.9. The van der Waals surface area contributed by atoms with Gasteiger partial charge in [0.25, 0.3) is 5.56 Å². The Morgan fingerprint density at radius 3 is 2.20 bits per heavy atom. The summed E-state index contributed by atoms with van der Waals surface area (Å²) in [5, 5.41) is 12.4. The van der Waals surface area contributed by atoms with Crippen LogP contribution in [0.1, 0.15) is 75.3 Å². The topological polar surface area (TPSA) is 94.1 Å². The third-order valence-electron chi connectivity index (χ3n) is 8.82. The summed E-state index contributed by atoms with van der Waals surface area (Å²) in [6, 6.07) is 17.4. The number of imidazole rings is 1. The van der Waals surface area contributed by atoms with Gasteiger partial charge in [0.15, 0.2) is 11.2 Å². The fourth-order valence-corrected chi connectivity index (χ4v) is 6.30. The number of hydrogen-bond donors (Lipinski definition) is 2. The standard InChI is InChI=1S/C33H43N5O3/c1-4-5-6-7-23-8-12-25(13-9-23)27-16-18-28(19-17-27)26-14-10-24(11-15-26)22-38-29-30(35-32(38)34-20-21-39)36(2)33(41)37(3)31(29)40/h10-11,14-19,23,25,39H,4-9,12-13,20-22H2,1-3H3,(H,34,35). The lowest BCUT2D eigenvalue weighted by atomic mass is 9.77. The molecule has 41 heavy (non-hydrogen) atoms. The van der Waals surface area contributed by atoms with E-state index in [1.165, 1.54) is 74.1 Å². The summed E-state index contributed by atoms with van der Waals surface area (Å²) in [6.45, 7) is 2.89. The van der Waals surface area contributed by atoms with Crippen molar-refractivity contribution in [3.8, 4) is 11.1 Å². The van der Waals surface area contributed by atoms with E-state index in [1.54, 1.807) is 11.6 Å². The number of aromatic nitrogens is 4. The van der Waals surface area contributed by atoms with Crippen molar-refractivity contribution >= 4 is 17.1 Å². The number of benzene rings is 2. The molecule has 5 rings (SSSR count). The van der Waals surface area contributed by atoms with Crippen LogP contribution in [0.3, 0.4) is 0 Å². The Morgan fingerprint density at radius 1 is 0.902 bits per heavy atom. The SMILES string of the molecule is CCCCCC1CCC(c2ccc(-c3ccc(Cn4c(NCCO)nc5c4c(=O)n(C)c(=O)n5C)cc3)cc2)CC1. The number of anilines is 1. The second-order valence-corrected chi connectivity index (χ2v) is 11.6. The molecule has 1 aliphatic rings. The lowest BCUT2D eigenvalue weighted by molar-refractivity contribution is 0.303. The summed E-state index contributed by atoms with van der Waals surface area (Å²) in [5.41, 5.74) is 4.65. The number of hydrogen-bond acceptors (Lipinski definition) is 5. The number of nitrogens with zero attached hydrogens (tertiary/aromatic N) is 4. The van der Waals surface area contributed by atoms with Crippen LogP contribution in [-0.4, -0.2) is 36.9 Å². The summed E-state index contributed by atoms with van der Waals surface area (Å²) in [5.74, 6) is 2.05. The van der Waals surface area contributed by atoms with Crippen LogP contribution in [0.2, 0.25) is 0 Å². The fraction of sp³-hybridized carbons (Fsp3) is 0.485. The molecule has 0 atom stereocenters. The molecule has 1 fully saturated rings. The van der Waals surface area contributed by atoms with Gasteiger partial charge in [-0.05, 0) is 59.8 Å². The Bertz CT molecular complexity index is 1570. The highest BCUT2D eigenvalue weighted by Gasteiger charge is 2.22. The van der Waals surface area contributed by atoms with Gasteiger partial charge in [0.2, 0.25) is 5.95 Å². The molecule has 8 nitrogen and oxygen atoms in total. The van der Waals surface area contributed by atoms with Crippen LogP contribution >= 0.6 is 0 Å². The predicted molar refractivity (Wildman–Crippen MR) is 166 cm³/mol. The van der Waals surface area contributed by atoms with Gasteiger partial charge in [-0.25, -0.2) is 4.79 Å². The van der Waals surface area contributed by atoms with Crippen molar-refractivity contribution in [1.82, 2.24) is 18.7 Å². The highest BCUT2D eigenvalue weighted by molar-refractivity contribution is 5.74. The van der Waals surface area contributed by atoms with Crippen LogP contribution in [0, 0.1) is 5.92 Å². The fourth-order valence-electron chi connectivity index (χ4n) is 6.30. The molecule has 0 spiro atoms. The normalized spacial score (nSPS) is 17.3. The quantitative estimate of drug-likeness (QED) is 0.241. The molecule has 8 heteroatoms. The van der Waals surface area contributed by atoms with Crippen LogP contribution in [0.25, 0.3) is 22.3 Å². The summed E-state index contributed by atoms with van der Waals surface area (Å²) >= 11 is 0.